The Kier molecular flexibility index (Phi) is 5.23. The summed E-state index contributed by atoms with van der Waals surface area (Å²) in [6.45, 7) is 4.21. The Balaban J connectivity index is 1.59. The lowest BCUT2D eigenvalue weighted by atomic mass is 10.0. The van der Waals surface area contributed by atoms with Crippen molar-refractivity contribution in [3.05, 3.63) is 66.1 Å². The molecule has 5 heteroatoms. The number of benzene rings is 2. The number of nitrogens with zero attached hydrogens (tertiary/aromatic N) is 2. The van der Waals surface area contributed by atoms with Crippen molar-refractivity contribution in [3.63, 3.8) is 0 Å². The van der Waals surface area contributed by atoms with Crippen LogP contribution in [0, 0.1) is 0 Å². The van der Waals surface area contributed by atoms with Crippen molar-refractivity contribution >= 4 is 11.6 Å². The molecule has 0 aliphatic rings. The van der Waals surface area contributed by atoms with Gasteiger partial charge in [-0.25, -0.2) is 0 Å². The highest BCUT2D eigenvalue weighted by Crippen LogP contribution is 2.24. The summed E-state index contributed by atoms with van der Waals surface area (Å²) in [6.07, 6.45) is 0.707. The molecule has 128 valence electrons. The lowest BCUT2D eigenvalue weighted by Gasteiger charge is -2.13. The number of hydrogen-bond acceptors (Lipinski definition) is 4. The van der Waals surface area contributed by atoms with Gasteiger partial charge in [0.05, 0.1) is 0 Å². The molecule has 1 N–H and O–H groups in total. The molecule has 1 heterocycles. The molecular formula is C20H21N3O2. The van der Waals surface area contributed by atoms with Crippen molar-refractivity contribution in [2.75, 3.05) is 5.32 Å². The Hall–Kier alpha value is -2.95. The van der Waals surface area contributed by atoms with Crippen molar-refractivity contribution in [2.45, 2.75) is 32.6 Å². The molecule has 0 saturated carbocycles. The minimum atomic E-state index is -0.0624. The predicted octanol–water partition coefficient (Wildman–Crippen LogP) is 4.43. The number of carbonyl (C=O) groups excluding carboxylic acids is 1. The van der Waals surface area contributed by atoms with E-state index in [1.54, 1.807) is 0 Å². The maximum atomic E-state index is 12.2. The van der Waals surface area contributed by atoms with Crippen LogP contribution in [-0.4, -0.2) is 16.1 Å². The number of para-hydroxylation sites is 1. The van der Waals surface area contributed by atoms with E-state index in [2.05, 4.69) is 29.4 Å². The van der Waals surface area contributed by atoms with E-state index in [4.69, 9.17) is 4.42 Å². The quantitative estimate of drug-likeness (QED) is 0.723. The molecule has 5 nitrogen and oxygen atoms in total. The Morgan fingerprint density at radius 3 is 2.52 bits per heavy atom. The molecule has 0 spiro atoms. The molecule has 0 atom stereocenters. The largest absolute Gasteiger partial charge is 0.421 e. The van der Waals surface area contributed by atoms with Gasteiger partial charge in [-0.2, -0.15) is 0 Å². The SMILES string of the molecule is CC(C)c1ccccc1NC(=O)CCc1nnc(-c2ccccc2)o1. The van der Waals surface area contributed by atoms with E-state index in [0.717, 1.165) is 16.8 Å². The fourth-order valence-corrected chi connectivity index (χ4v) is 2.60. The summed E-state index contributed by atoms with van der Waals surface area (Å²) >= 11 is 0. The van der Waals surface area contributed by atoms with Gasteiger partial charge in [0.2, 0.25) is 17.7 Å². The van der Waals surface area contributed by atoms with Crippen LogP contribution in [0.2, 0.25) is 0 Å². The summed E-state index contributed by atoms with van der Waals surface area (Å²) < 4.78 is 5.63. The van der Waals surface area contributed by atoms with Crippen LogP contribution < -0.4 is 5.32 Å². The first-order chi connectivity index (χ1) is 12.1. The number of anilines is 1. The normalized spacial score (nSPS) is 10.8. The summed E-state index contributed by atoms with van der Waals surface area (Å²) in [5.41, 5.74) is 2.86. The molecule has 2 aromatic carbocycles. The van der Waals surface area contributed by atoms with E-state index in [1.807, 2.05) is 54.6 Å². The first-order valence-corrected chi connectivity index (χ1v) is 8.40. The van der Waals surface area contributed by atoms with E-state index >= 15 is 0 Å². The van der Waals surface area contributed by atoms with Crippen LogP contribution in [0.15, 0.2) is 59.0 Å². The topological polar surface area (TPSA) is 68.0 Å². The molecule has 0 aliphatic heterocycles. The highest BCUT2D eigenvalue weighted by atomic mass is 16.4. The first kappa shape index (κ1) is 16.9. The lowest BCUT2D eigenvalue weighted by molar-refractivity contribution is -0.116. The van der Waals surface area contributed by atoms with E-state index in [0.29, 0.717) is 30.5 Å². The van der Waals surface area contributed by atoms with Gasteiger partial charge in [0.15, 0.2) is 0 Å². The van der Waals surface area contributed by atoms with Gasteiger partial charge in [-0.15, -0.1) is 10.2 Å². The van der Waals surface area contributed by atoms with Crippen molar-refractivity contribution in [1.82, 2.24) is 10.2 Å². The second kappa shape index (κ2) is 7.75. The predicted molar refractivity (Wildman–Crippen MR) is 97.2 cm³/mol. The maximum Gasteiger partial charge on any atom is 0.247 e. The highest BCUT2D eigenvalue weighted by Gasteiger charge is 2.12. The summed E-state index contributed by atoms with van der Waals surface area (Å²) in [5, 5.41) is 11.0. The Morgan fingerprint density at radius 1 is 1.04 bits per heavy atom. The van der Waals surface area contributed by atoms with E-state index in [1.165, 1.54) is 0 Å². The summed E-state index contributed by atoms with van der Waals surface area (Å²) in [5.74, 6) is 1.22. The average molecular weight is 335 g/mol. The molecule has 0 fully saturated rings. The van der Waals surface area contributed by atoms with Crippen LogP contribution in [-0.2, 0) is 11.2 Å². The van der Waals surface area contributed by atoms with Crippen molar-refractivity contribution < 1.29 is 9.21 Å². The minimum absolute atomic E-state index is 0.0624. The third kappa shape index (κ3) is 4.32. The van der Waals surface area contributed by atoms with Crippen molar-refractivity contribution in [1.29, 1.82) is 0 Å². The zero-order valence-corrected chi connectivity index (χ0v) is 14.4. The van der Waals surface area contributed by atoms with Crippen molar-refractivity contribution in [2.24, 2.45) is 0 Å². The van der Waals surface area contributed by atoms with Crippen molar-refractivity contribution in [3.8, 4) is 11.5 Å². The zero-order chi connectivity index (χ0) is 17.6. The summed E-state index contributed by atoms with van der Waals surface area (Å²) in [6, 6.07) is 17.4. The minimum Gasteiger partial charge on any atom is -0.421 e. The summed E-state index contributed by atoms with van der Waals surface area (Å²) in [4.78, 5) is 12.2. The van der Waals surface area contributed by atoms with Gasteiger partial charge < -0.3 is 9.73 Å². The fraction of sp³-hybridized carbons (Fsp3) is 0.250. The Morgan fingerprint density at radius 2 is 1.76 bits per heavy atom. The van der Waals surface area contributed by atoms with Gasteiger partial charge in [-0.05, 0) is 29.7 Å². The second-order valence-corrected chi connectivity index (χ2v) is 6.16. The average Bonchev–Trinajstić information content (AvgIpc) is 3.10. The number of aryl methyl sites for hydroxylation is 1. The van der Waals surface area contributed by atoms with Crippen LogP contribution in [0.4, 0.5) is 5.69 Å². The van der Waals surface area contributed by atoms with Crippen LogP contribution in [0.25, 0.3) is 11.5 Å². The smallest absolute Gasteiger partial charge is 0.247 e. The van der Waals surface area contributed by atoms with Gasteiger partial charge >= 0.3 is 0 Å². The standard InChI is InChI=1S/C20H21N3O2/c1-14(2)16-10-6-7-11-17(16)21-18(24)12-13-19-22-23-20(25-19)15-8-4-3-5-9-15/h3-11,14H,12-13H2,1-2H3,(H,21,24). The van der Waals surface area contributed by atoms with Crippen LogP contribution in [0.5, 0.6) is 0 Å². The maximum absolute atomic E-state index is 12.2. The molecule has 1 amide bonds. The number of rotatable bonds is 6. The lowest BCUT2D eigenvalue weighted by Crippen LogP contribution is -2.14. The van der Waals surface area contributed by atoms with Crippen LogP contribution in [0.3, 0.4) is 0 Å². The van der Waals surface area contributed by atoms with Gasteiger partial charge in [0.25, 0.3) is 0 Å². The number of aromatic nitrogens is 2. The molecular weight excluding hydrogens is 314 g/mol. The molecule has 0 saturated heterocycles. The zero-order valence-electron chi connectivity index (χ0n) is 14.4. The molecule has 3 aromatic rings. The van der Waals surface area contributed by atoms with E-state index in [9.17, 15) is 4.79 Å². The molecule has 3 rings (SSSR count). The second-order valence-electron chi connectivity index (χ2n) is 6.16. The van der Waals surface area contributed by atoms with Gasteiger partial charge in [0.1, 0.15) is 0 Å². The number of nitrogens with one attached hydrogen (secondary N) is 1. The number of carbonyl (C=O) groups is 1. The molecule has 1 aromatic heterocycles. The van der Waals surface area contributed by atoms with Gasteiger partial charge in [-0.3, -0.25) is 4.79 Å². The molecule has 25 heavy (non-hydrogen) atoms. The molecule has 0 radical (unpaired) electrons. The van der Waals surface area contributed by atoms with E-state index < -0.39 is 0 Å². The Labute approximate surface area is 147 Å². The monoisotopic (exact) mass is 335 g/mol. The highest BCUT2D eigenvalue weighted by molar-refractivity contribution is 5.91. The fourth-order valence-electron chi connectivity index (χ4n) is 2.60. The first-order valence-electron chi connectivity index (χ1n) is 8.40. The van der Waals surface area contributed by atoms with E-state index in [-0.39, 0.29) is 5.91 Å². The number of hydrogen-bond donors (Lipinski definition) is 1. The van der Waals surface area contributed by atoms with Gasteiger partial charge in [0, 0.05) is 24.1 Å². The number of amides is 1. The van der Waals surface area contributed by atoms with Crippen LogP contribution >= 0.6 is 0 Å². The Bertz CT molecular complexity index is 841. The summed E-state index contributed by atoms with van der Waals surface area (Å²) in [7, 11) is 0. The third-order valence-electron chi connectivity index (χ3n) is 3.91. The van der Waals surface area contributed by atoms with Crippen LogP contribution in [0.1, 0.15) is 37.6 Å². The molecule has 0 aliphatic carbocycles. The molecule has 0 unspecified atom stereocenters. The molecule has 0 bridgehead atoms. The third-order valence-corrected chi connectivity index (χ3v) is 3.91. The van der Waals surface area contributed by atoms with Gasteiger partial charge in [-0.1, -0.05) is 50.2 Å².